The summed E-state index contributed by atoms with van der Waals surface area (Å²) in [4.78, 5) is 5.02. The summed E-state index contributed by atoms with van der Waals surface area (Å²) in [6.45, 7) is 1.09. The van der Waals surface area contributed by atoms with Gasteiger partial charge in [-0.3, -0.25) is 4.72 Å². The highest BCUT2D eigenvalue weighted by atomic mass is 35.5. The number of nitrogens with zero attached hydrogens (tertiary/aromatic N) is 1. The first-order valence-electron chi connectivity index (χ1n) is 7.92. The van der Waals surface area contributed by atoms with Crippen LogP contribution in [0.5, 0.6) is 0 Å². The molecule has 2 aromatic carbocycles. The quantitative estimate of drug-likeness (QED) is 0.338. The lowest BCUT2D eigenvalue weighted by atomic mass is 10.1. The van der Waals surface area contributed by atoms with Crippen molar-refractivity contribution >= 4 is 33.0 Å². The topological polar surface area (TPSA) is 67.8 Å². The minimum atomic E-state index is -5.68. The van der Waals surface area contributed by atoms with Gasteiger partial charge in [0.2, 0.25) is 0 Å². The molecule has 0 bridgehead atoms. The molecule has 0 aliphatic rings. The molecule has 0 aromatic heterocycles. The van der Waals surface area contributed by atoms with Crippen LogP contribution in [-0.4, -0.2) is 19.6 Å². The normalized spacial score (nSPS) is 13.3. The van der Waals surface area contributed by atoms with Gasteiger partial charge in [-0.15, -0.1) is 0 Å². The third-order valence-corrected chi connectivity index (χ3v) is 4.97. The number of alkyl halides is 6. The Balaban J connectivity index is 2.19. The molecule has 0 saturated heterocycles. The van der Waals surface area contributed by atoms with Gasteiger partial charge >= 0.3 is 21.7 Å². The number of anilines is 1. The van der Waals surface area contributed by atoms with Crippen molar-refractivity contribution in [1.29, 1.82) is 0 Å². The van der Waals surface area contributed by atoms with Crippen molar-refractivity contribution < 1.29 is 39.6 Å². The van der Waals surface area contributed by atoms with Gasteiger partial charge in [-0.05, 0) is 42.8 Å². The van der Waals surface area contributed by atoms with Crippen molar-refractivity contribution in [3.05, 3.63) is 64.2 Å². The van der Waals surface area contributed by atoms with Crippen LogP contribution in [0.2, 0.25) is 5.02 Å². The van der Waals surface area contributed by atoms with Crippen molar-refractivity contribution in [1.82, 2.24) is 0 Å². The minimum Gasteiger partial charge on any atom is -0.391 e. The number of hydrogen-bond acceptors (Lipinski definition) is 4. The van der Waals surface area contributed by atoms with Crippen molar-refractivity contribution in [3.8, 4) is 0 Å². The van der Waals surface area contributed by atoms with Gasteiger partial charge in [0.1, 0.15) is 6.61 Å². The van der Waals surface area contributed by atoms with E-state index in [0.29, 0.717) is 5.56 Å². The maximum atomic E-state index is 12.6. The highest BCUT2D eigenvalue weighted by Crippen LogP contribution is 2.30. The highest BCUT2D eigenvalue weighted by molar-refractivity contribution is 7.93. The first-order valence-corrected chi connectivity index (χ1v) is 9.78. The van der Waals surface area contributed by atoms with E-state index in [1.807, 2.05) is 0 Å². The van der Waals surface area contributed by atoms with Gasteiger partial charge < -0.3 is 4.84 Å². The summed E-state index contributed by atoms with van der Waals surface area (Å²) < 4.78 is 99.6. The van der Waals surface area contributed by atoms with Crippen LogP contribution in [0.1, 0.15) is 23.6 Å². The van der Waals surface area contributed by atoms with Gasteiger partial charge in [0, 0.05) is 10.6 Å². The molecule has 0 unspecified atom stereocenters. The molecule has 0 atom stereocenters. The lowest BCUT2D eigenvalue weighted by molar-refractivity contribution is -0.137. The van der Waals surface area contributed by atoms with Crippen LogP contribution in [0.25, 0.3) is 0 Å². The van der Waals surface area contributed by atoms with Crippen LogP contribution in [-0.2, 0) is 27.6 Å². The Bertz CT molecular complexity index is 1030. The average molecular weight is 475 g/mol. The zero-order chi connectivity index (χ0) is 22.7. The molecule has 13 heteroatoms. The second-order valence-corrected chi connectivity index (χ2v) is 8.00. The van der Waals surface area contributed by atoms with Crippen molar-refractivity contribution in [2.24, 2.45) is 5.16 Å². The maximum absolute atomic E-state index is 12.6. The van der Waals surface area contributed by atoms with Gasteiger partial charge in [0.15, 0.2) is 0 Å². The summed E-state index contributed by atoms with van der Waals surface area (Å²) in [5, 5.41) is 3.77. The molecular weight excluding hydrogens is 462 g/mol. The Morgan fingerprint density at radius 3 is 2.20 bits per heavy atom. The summed E-state index contributed by atoms with van der Waals surface area (Å²) in [6.07, 6.45) is -4.49. The Kier molecular flexibility index (Phi) is 6.92. The van der Waals surface area contributed by atoms with E-state index in [2.05, 4.69) is 5.16 Å². The molecule has 2 aromatic rings. The van der Waals surface area contributed by atoms with E-state index < -0.39 is 33.0 Å². The molecule has 0 aliphatic carbocycles. The van der Waals surface area contributed by atoms with E-state index in [0.717, 1.165) is 18.2 Å². The van der Waals surface area contributed by atoms with Crippen LogP contribution in [0.3, 0.4) is 0 Å². The van der Waals surface area contributed by atoms with Gasteiger partial charge in [0.25, 0.3) is 0 Å². The predicted molar refractivity (Wildman–Crippen MR) is 98.5 cm³/mol. The van der Waals surface area contributed by atoms with Crippen molar-refractivity contribution in [3.63, 3.8) is 0 Å². The molecule has 0 spiro atoms. The lowest BCUT2D eigenvalue weighted by Gasteiger charge is -2.14. The molecular formula is C17H13ClF6N2O3S. The first-order chi connectivity index (χ1) is 13.7. The molecule has 0 aliphatic heterocycles. The Labute approximate surface area is 172 Å². The van der Waals surface area contributed by atoms with Gasteiger partial charge in [-0.2, -0.15) is 34.8 Å². The molecule has 5 nitrogen and oxygen atoms in total. The van der Waals surface area contributed by atoms with E-state index in [1.54, 1.807) is 0 Å². The summed E-state index contributed by atoms with van der Waals surface area (Å²) in [7, 11) is -5.68. The number of sulfonamides is 1. The van der Waals surface area contributed by atoms with E-state index >= 15 is 0 Å². The molecule has 30 heavy (non-hydrogen) atoms. The van der Waals surface area contributed by atoms with Crippen LogP contribution < -0.4 is 4.72 Å². The first kappa shape index (κ1) is 23.8. The second kappa shape index (κ2) is 8.72. The van der Waals surface area contributed by atoms with Crippen molar-refractivity contribution in [2.45, 2.75) is 25.2 Å². The third-order valence-electron chi connectivity index (χ3n) is 3.63. The minimum absolute atomic E-state index is 0.0238. The smallest absolute Gasteiger partial charge is 0.391 e. The standard InChI is InChI=1S/C17H13ClF6N2O3S/c1-10(25-29-9-11-2-4-12(5-3-11)16(19,20)21)14-8-13(18)6-7-15(14)26-30(27,28)17(22,23)24/h2-8,26H,9H2,1H3. The van der Waals surface area contributed by atoms with Gasteiger partial charge in [-0.1, -0.05) is 28.9 Å². The molecule has 0 fully saturated rings. The second-order valence-electron chi connectivity index (χ2n) is 5.89. The van der Waals surface area contributed by atoms with Gasteiger partial charge in [-0.25, -0.2) is 0 Å². The fourth-order valence-electron chi connectivity index (χ4n) is 2.15. The number of rotatable bonds is 6. The third kappa shape index (κ3) is 6.02. The van der Waals surface area contributed by atoms with Crippen LogP contribution >= 0.6 is 11.6 Å². The highest BCUT2D eigenvalue weighted by Gasteiger charge is 2.46. The number of benzene rings is 2. The average Bonchev–Trinajstić information content (AvgIpc) is 2.61. The van der Waals surface area contributed by atoms with E-state index in [9.17, 15) is 34.8 Å². The molecule has 164 valence electrons. The van der Waals surface area contributed by atoms with Crippen LogP contribution in [0, 0.1) is 0 Å². The summed E-state index contributed by atoms with van der Waals surface area (Å²) in [6, 6.07) is 7.44. The number of hydrogen-bond donors (Lipinski definition) is 1. The fourth-order valence-corrected chi connectivity index (χ4v) is 2.91. The SMILES string of the molecule is CC(=NOCc1ccc(C(F)(F)F)cc1)c1cc(Cl)ccc1NS(=O)(=O)C(F)(F)F. The number of halogens is 7. The largest absolute Gasteiger partial charge is 0.516 e. The Morgan fingerprint density at radius 2 is 1.67 bits per heavy atom. The summed E-state index contributed by atoms with van der Waals surface area (Å²) in [5.74, 6) is 0. The zero-order valence-electron chi connectivity index (χ0n) is 15.0. The molecule has 2 rings (SSSR count). The summed E-state index contributed by atoms with van der Waals surface area (Å²) >= 11 is 5.82. The van der Waals surface area contributed by atoms with Crippen LogP contribution in [0.15, 0.2) is 47.6 Å². The monoisotopic (exact) mass is 474 g/mol. The Morgan fingerprint density at radius 1 is 1.07 bits per heavy atom. The van der Waals surface area contributed by atoms with E-state index in [4.69, 9.17) is 16.4 Å². The van der Waals surface area contributed by atoms with Gasteiger partial charge in [0.05, 0.1) is 17.0 Å². The van der Waals surface area contributed by atoms with Crippen LogP contribution in [0.4, 0.5) is 32.0 Å². The molecule has 0 saturated carbocycles. The molecule has 0 amide bonds. The van der Waals surface area contributed by atoms with E-state index in [-0.39, 0.29) is 22.9 Å². The number of nitrogens with one attached hydrogen (secondary N) is 1. The molecule has 0 radical (unpaired) electrons. The zero-order valence-corrected chi connectivity index (χ0v) is 16.5. The fraction of sp³-hybridized carbons (Fsp3) is 0.235. The molecule has 1 N–H and O–H groups in total. The summed E-state index contributed by atoms with van der Waals surface area (Å²) in [5.41, 5.74) is -6.56. The predicted octanol–water partition coefficient (Wildman–Crippen LogP) is 5.56. The lowest BCUT2D eigenvalue weighted by Crippen LogP contribution is -2.30. The Hall–Kier alpha value is -2.47. The van der Waals surface area contributed by atoms with E-state index in [1.165, 1.54) is 35.9 Å². The number of oxime groups is 1. The maximum Gasteiger partial charge on any atom is 0.516 e. The molecule has 0 heterocycles. The van der Waals surface area contributed by atoms with Crippen molar-refractivity contribution in [2.75, 3.05) is 4.72 Å².